The normalized spacial score (nSPS) is 10.0. The van der Waals surface area contributed by atoms with Gasteiger partial charge in [-0.15, -0.1) is 0 Å². The average Bonchev–Trinajstić information content (AvgIpc) is 2.41. The van der Waals surface area contributed by atoms with E-state index in [1.807, 2.05) is 18.2 Å². The second-order valence-electron chi connectivity index (χ2n) is 4.06. The van der Waals surface area contributed by atoms with Gasteiger partial charge in [-0.05, 0) is 29.8 Å². The van der Waals surface area contributed by atoms with Crippen LogP contribution in [0.4, 0.5) is 10.5 Å². The van der Waals surface area contributed by atoms with E-state index in [9.17, 15) is 4.79 Å². The van der Waals surface area contributed by atoms with Crippen molar-refractivity contribution in [1.29, 1.82) is 0 Å². The molecule has 0 fully saturated rings. The molecular weight excluding hydrogens is 258 g/mol. The number of rotatable bonds is 5. The summed E-state index contributed by atoms with van der Waals surface area (Å²) in [5, 5.41) is 0. The van der Waals surface area contributed by atoms with Gasteiger partial charge in [-0.25, -0.2) is 9.78 Å². The van der Waals surface area contributed by atoms with Gasteiger partial charge in [0.05, 0.1) is 12.3 Å². The summed E-state index contributed by atoms with van der Waals surface area (Å²) < 4.78 is 10.3. The van der Waals surface area contributed by atoms with Crippen LogP contribution in [0.25, 0.3) is 0 Å². The number of primary amides is 1. The predicted molar refractivity (Wildman–Crippen MR) is 74.4 cm³/mol. The van der Waals surface area contributed by atoms with Crippen LogP contribution >= 0.6 is 0 Å². The van der Waals surface area contributed by atoms with Crippen LogP contribution in [0.15, 0.2) is 42.6 Å². The Labute approximate surface area is 116 Å². The molecule has 0 aliphatic heterocycles. The number of nitrogens with two attached hydrogens (primary N) is 2. The smallest absolute Gasteiger partial charge is 0.404 e. The number of carbonyl (C=O) groups is 1. The molecule has 1 heterocycles. The van der Waals surface area contributed by atoms with E-state index in [0.717, 1.165) is 5.56 Å². The number of nitrogens with zero attached hydrogens (tertiary/aromatic N) is 1. The van der Waals surface area contributed by atoms with Crippen molar-refractivity contribution in [3.8, 4) is 11.6 Å². The average molecular weight is 273 g/mol. The van der Waals surface area contributed by atoms with Gasteiger partial charge in [-0.2, -0.15) is 0 Å². The number of hydrogen-bond donors (Lipinski definition) is 2. The van der Waals surface area contributed by atoms with Gasteiger partial charge in [0.1, 0.15) is 5.75 Å². The van der Waals surface area contributed by atoms with Crippen molar-refractivity contribution < 1.29 is 14.3 Å². The third-order valence-electron chi connectivity index (χ3n) is 2.55. The van der Waals surface area contributed by atoms with Gasteiger partial charge in [0, 0.05) is 12.6 Å². The highest BCUT2D eigenvalue weighted by Crippen LogP contribution is 2.25. The zero-order valence-corrected chi connectivity index (χ0v) is 10.8. The fourth-order valence-corrected chi connectivity index (χ4v) is 1.63. The van der Waals surface area contributed by atoms with Gasteiger partial charge in [0.15, 0.2) is 0 Å². The van der Waals surface area contributed by atoms with Crippen LogP contribution in [0.3, 0.4) is 0 Å². The SMILES string of the molecule is NC(=O)OCCc1cccc(Oc2ncccc2N)c1. The number of ether oxygens (including phenoxy) is 2. The maximum atomic E-state index is 10.5. The molecule has 0 saturated heterocycles. The van der Waals surface area contributed by atoms with Crippen LogP contribution in [-0.4, -0.2) is 17.7 Å². The molecule has 1 aromatic heterocycles. The van der Waals surface area contributed by atoms with E-state index in [4.69, 9.17) is 16.2 Å². The molecule has 0 unspecified atom stereocenters. The molecule has 0 aliphatic rings. The molecule has 104 valence electrons. The molecule has 6 nitrogen and oxygen atoms in total. The van der Waals surface area contributed by atoms with Crippen molar-refractivity contribution in [2.24, 2.45) is 5.73 Å². The Morgan fingerprint density at radius 3 is 2.85 bits per heavy atom. The first-order valence-corrected chi connectivity index (χ1v) is 6.04. The van der Waals surface area contributed by atoms with E-state index in [2.05, 4.69) is 9.72 Å². The van der Waals surface area contributed by atoms with Crippen molar-refractivity contribution in [2.75, 3.05) is 12.3 Å². The zero-order valence-electron chi connectivity index (χ0n) is 10.8. The van der Waals surface area contributed by atoms with Crippen LogP contribution in [0, 0.1) is 0 Å². The minimum absolute atomic E-state index is 0.227. The summed E-state index contributed by atoms with van der Waals surface area (Å²) in [4.78, 5) is 14.5. The van der Waals surface area contributed by atoms with Gasteiger partial charge in [0.25, 0.3) is 0 Å². The van der Waals surface area contributed by atoms with Gasteiger partial charge in [-0.1, -0.05) is 12.1 Å². The molecule has 0 atom stereocenters. The molecule has 1 aromatic carbocycles. The minimum Gasteiger partial charge on any atom is -0.449 e. The Balaban J connectivity index is 2.02. The van der Waals surface area contributed by atoms with Crippen LogP contribution in [0.2, 0.25) is 0 Å². The highest BCUT2D eigenvalue weighted by Gasteiger charge is 2.04. The Hall–Kier alpha value is -2.76. The molecule has 0 radical (unpaired) electrons. The standard InChI is InChI=1S/C14H15N3O3/c15-12-5-2-7-17-13(12)20-11-4-1-3-10(9-11)6-8-19-14(16)18/h1-5,7,9H,6,8,15H2,(H2,16,18). The number of nitrogen functional groups attached to an aromatic ring is 1. The molecule has 20 heavy (non-hydrogen) atoms. The summed E-state index contributed by atoms with van der Waals surface area (Å²) in [6.07, 6.45) is 1.38. The summed E-state index contributed by atoms with van der Waals surface area (Å²) in [7, 11) is 0. The molecule has 1 amide bonds. The van der Waals surface area contributed by atoms with Crippen LogP contribution in [-0.2, 0) is 11.2 Å². The van der Waals surface area contributed by atoms with Gasteiger partial charge in [-0.3, -0.25) is 0 Å². The number of pyridine rings is 1. The van der Waals surface area contributed by atoms with Gasteiger partial charge >= 0.3 is 6.09 Å². The zero-order chi connectivity index (χ0) is 14.4. The molecule has 2 aromatic rings. The van der Waals surface area contributed by atoms with E-state index in [0.29, 0.717) is 23.7 Å². The Morgan fingerprint density at radius 1 is 1.25 bits per heavy atom. The monoisotopic (exact) mass is 273 g/mol. The number of aromatic nitrogens is 1. The van der Waals surface area contributed by atoms with Crippen molar-refractivity contribution in [3.63, 3.8) is 0 Å². The molecule has 0 aliphatic carbocycles. The summed E-state index contributed by atoms with van der Waals surface area (Å²) in [6, 6.07) is 10.8. The second kappa shape index (κ2) is 6.42. The largest absolute Gasteiger partial charge is 0.449 e. The quantitative estimate of drug-likeness (QED) is 0.868. The Kier molecular flexibility index (Phi) is 4.39. The summed E-state index contributed by atoms with van der Waals surface area (Å²) in [5.74, 6) is 0.977. The summed E-state index contributed by atoms with van der Waals surface area (Å²) >= 11 is 0. The first kappa shape index (κ1) is 13.7. The number of carbonyl (C=O) groups excluding carboxylic acids is 1. The second-order valence-corrected chi connectivity index (χ2v) is 4.06. The lowest BCUT2D eigenvalue weighted by Gasteiger charge is -2.08. The van der Waals surface area contributed by atoms with E-state index in [1.165, 1.54) is 0 Å². The lowest BCUT2D eigenvalue weighted by atomic mass is 10.1. The molecule has 0 bridgehead atoms. The maximum absolute atomic E-state index is 10.5. The lowest BCUT2D eigenvalue weighted by Crippen LogP contribution is -2.14. The summed E-state index contributed by atoms with van der Waals surface area (Å²) in [6.45, 7) is 0.227. The first-order chi connectivity index (χ1) is 9.65. The highest BCUT2D eigenvalue weighted by molar-refractivity contribution is 5.64. The van der Waals surface area contributed by atoms with Crippen LogP contribution < -0.4 is 16.2 Å². The van der Waals surface area contributed by atoms with Crippen molar-refractivity contribution in [1.82, 2.24) is 4.98 Å². The third-order valence-corrected chi connectivity index (χ3v) is 2.55. The Bertz CT molecular complexity index is 602. The number of benzene rings is 1. The molecule has 4 N–H and O–H groups in total. The van der Waals surface area contributed by atoms with Gasteiger partial charge in [0.2, 0.25) is 5.88 Å². The number of amides is 1. The number of hydrogen-bond acceptors (Lipinski definition) is 5. The Morgan fingerprint density at radius 2 is 2.10 bits per heavy atom. The minimum atomic E-state index is -0.779. The van der Waals surface area contributed by atoms with E-state index in [1.54, 1.807) is 24.4 Å². The predicted octanol–water partition coefficient (Wildman–Crippen LogP) is 2.09. The topological polar surface area (TPSA) is 100 Å². The van der Waals surface area contributed by atoms with E-state index >= 15 is 0 Å². The molecule has 0 spiro atoms. The van der Waals surface area contributed by atoms with Crippen molar-refractivity contribution in [3.05, 3.63) is 48.2 Å². The molecular formula is C14H15N3O3. The van der Waals surface area contributed by atoms with Crippen molar-refractivity contribution >= 4 is 11.8 Å². The maximum Gasteiger partial charge on any atom is 0.404 e. The molecule has 2 rings (SSSR count). The van der Waals surface area contributed by atoms with Crippen LogP contribution in [0.5, 0.6) is 11.6 Å². The van der Waals surface area contributed by atoms with Gasteiger partial charge < -0.3 is 20.9 Å². The highest BCUT2D eigenvalue weighted by atomic mass is 16.5. The fraction of sp³-hybridized carbons (Fsp3) is 0.143. The third kappa shape index (κ3) is 3.88. The lowest BCUT2D eigenvalue weighted by molar-refractivity contribution is 0.158. The number of anilines is 1. The van der Waals surface area contributed by atoms with Crippen LogP contribution in [0.1, 0.15) is 5.56 Å². The fourth-order valence-electron chi connectivity index (χ4n) is 1.63. The van der Waals surface area contributed by atoms with E-state index in [-0.39, 0.29) is 6.61 Å². The molecule has 6 heteroatoms. The summed E-state index contributed by atoms with van der Waals surface area (Å²) in [5.41, 5.74) is 12.1. The van der Waals surface area contributed by atoms with Crippen molar-refractivity contribution in [2.45, 2.75) is 6.42 Å². The first-order valence-electron chi connectivity index (χ1n) is 6.04. The van der Waals surface area contributed by atoms with E-state index < -0.39 is 6.09 Å². The molecule has 0 saturated carbocycles.